The summed E-state index contributed by atoms with van der Waals surface area (Å²) < 4.78 is 0.533. The second-order valence-corrected chi connectivity index (χ2v) is 4.90. The number of rotatable bonds is 1. The molecule has 2 rings (SSSR count). The average molecular weight is 283 g/mol. The largest absolute Gasteiger partial charge is 0.256 e. The Morgan fingerprint density at radius 3 is 2.85 bits per heavy atom. The van der Waals surface area contributed by atoms with Crippen molar-refractivity contribution < 1.29 is 0 Å². The van der Waals surface area contributed by atoms with Crippen LogP contribution in [-0.4, -0.2) is 4.98 Å². The number of aromatic nitrogens is 1. The van der Waals surface area contributed by atoms with E-state index in [9.17, 15) is 0 Å². The van der Waals surface area contributed by atoms with Gasteiger partial charge in [0.1, 0.15) is 0 Å². The summed E-state index contributed by atoms with van der Waals surface area (Å²) in [5.74, 6) is 0. The van der Waals surface area contributed by atoms with E-state index in [2.05, 4.69) is 58.8 Å². The minimum Gasteiger partial charge on any atom is -0.256 e. The van der Waals surface area contributed by atoms with E-state index in [4.69, 9.17) is 0 Å². The van der Waals surface area contributed by atoms with Crippen LogP contribution in [0.2, 0.25) is 0 Å². The first-order chi connectivity index (χ1) is 6.29. The number of pyridine rings is 1. The number of benzene rings is 1. The van der Waals surface area contributed by atoms with Gasteiger partial charge in [0.25, 0.3) is 0 Å². The van der Waals surface area contributed by atoms with Crippen molar-refractivity contribution in [2.75, 3.05) is 0 Å². The number of fused-ring (bicyclic) bond motifs is 1. The van der Waals surface area contributed by atoms with Gasteiger partial charge in [0.2, 0.25) is 0 Å². The quantitative estimate of drug-likeness (QED) is 0.574. The molecule has 2 heteroatoms. The van der Waals surface area contributed by atoms with E-state index in [1.165, 1.54) is 10.9 Å². The predicted octanol–water partition coefficient (Wildman–Crippen LogP) is 3.73. The van der Waals surface area contributed by atoms with Crippen molar-refractivity contribution in [1.29, 1.82) is 0 Å². The first-order valence-corrected chi connectivity index (χ1v) is 5.51. The molecule has 1 aromatic carbocycles. The monoisotopic (exact) mass is 283 g/mol. The molecule has 0 amide bonds. The summed E-state index contributed by atoms with van der Waals surface area (Å²) in [5.41, 5.74) is 2.45. The first-order valence-electron chi connectivity index (χ1n) is 4.27. The highest BCUT2D eigenvalue weighted by molar-refractivity contribution is 14.1. The molecule has 13 heavy (non-hydrogen) atoms. The van der Waals surface area contributed by atoms with Crippen molar-refractivity contribution in [3.63, 3.8) is 0 Å². The Morgan fingerprint density at radius 1 is 1.23 bits per heavy atom. The molecule has 0 fully saturated rings. The molecule has 0 N–H and O–H groups in total. The van der Waals surface area contributed by atoms with Gasteiger partial charge < -0.3 is 0 Å². The zero-order chi connectivity index (χ0) is 9.26. The van der Waals surface area contributed by atoms with E-state index in [1.54, 1.807) is 0 Å². The molecule has 0 saturated carbocycles. The van der Waals surface area contributed by atoms with E-state index >= 15 is 0 Å². The van der Waals surface area contributed by atoms with Crippen molar-refractivity contribution in [2.45, 2.75) is 10.8 Å². The molecule has 0 aliphatic carbocycles. The van der Waals surface area contributed by atoms with Crippen LogP contribution >= 0.6 is 22.6 Å². The molecule has 0 radical (unpaired) electrons. The first kappa shape index (κ1) is 8.94. The second-order valence-electron chi connectivity index (χ2n) is 3.03. The van der Waals surface area contributed by atoms with Gasteiger partial charge in [-0.05, 0) is 24.6 Å². The van der Waals surface area contributed by atoms with Crippen molar-refractivity contribution in [3.8, 4) is 0 Å². The Kier molecular flexibility index (Phi) is 2.49. The zero-order valence-corrected chi connectivity index (χ0v) is 9.52. The van der Waals surface area contributed by atoms with Crippen molar-refractivity contribution in [2.24, 2.45) is 0 Å². The van der Waals surface area contributed by atoms with Crippen molar-refractivity contribution >= 4 is 33.5 Å². The molecule has 1 nitrogen and oxygen atoms in total. The number of halogens is 1. The van der Waals surface area contributed by atoms with Crippen LogP contribution in [0, 0.1) is 0 Å². The van der Waals surface area contributed by atoms with E-state index in [1.807, 2.05) is 12.3 Å². The fourth-order valence-corrected chi connectivity index (χ4v) is 2.02. The molecule has 1 unspecified atom stereocenters. The van der Waals surface area contributed by atoms with Crippen LogP contribution < -0.4 is 0 Å². The molecule has 2 aromatic rings. The van der Waals surface area contributed by atoms with Gasteiger partial charge in [-0.15, -0.1) is 0 Å². The van der Waals surface area contributed by atoms with Gasteiger partial charge in [-0.3, -0.25) is 4.98 Å². The van der Waals surface area contributed by atoms with Gasteiger partial charge in [-0.25, -0.2) is 0 Å². The van der Waals surface area contributed by atoms with Crippen LogP contribution in [0.1, 0.15) is 16.4 Å². The highest BCUT2D eigenvalue weighted by Gasteiger charge is 2.04. The Balaban J connectivity index is 2.76. The lowest BCUT2D eigenvalue weighted by atomic mass is 10.1. The SMILES string of the molecule is CC(I)c1cccc2ncccc12. The van der Waals surface area contributed by atoms with Gasteiger partial charge in [-0.1, -0.05) is 40.8 Å². The maximum absolute atomic E-state index is 4.32. The van der Waals surface area contributed by atoms with Crippen molar-refractivity contribution in [1.82, 2.24) is 4.98 Å². The minimum absolute atomic E-state index is 0.533. The molecule has 0 aliphatic rings. The number of nitrogens with zero attached hydrogens (tertiary/aromatic N) is 1. The van der Waals surface area contributed by atoms with E-state index < -0.39 is 0 Å². The Bertz CT molecular complexity index is 418. The third-order valence-electron chi connectivity index (χ3n) is 2.11. The molecular weight excluding hydrogens is 273 g/mol. The van der Waals surface area contributed by atoms with Crippen LogP contribution in [0.15, 0.2) is 36.5 Å². The molecule has 1 aromatic heterocycles. The lowest BCUT2D eigenvalue weighted by Gasteiger charge is -2.06. The summed E-state index contributed by atoms with van der Waals surface area (Å²) >= 11 is 2.43. The minimum atomic E-state index is 0.533. The van der Waals surface area contributed by atoms with Gasteiger partial charge in [-0.2, -0.15) is 0 Å². The van der Waals surface area contributed by atoms with Gasteiger partial charge >= 0.3 is 0 Å². The normalized spacial score (nSPS) is 13.1. The summed E-state index contributed by atoms with van der Waals surface area (Å²) in [6.45, 7) is 2.20. The van der Waals surface area contributed by atoms with Crippen LogP contribution in [0.4, 0.5) is 0 Å². The van der Waals surface area contributed by atoms with E-state index in [0.717, 1.165) is 5.52 Å². The topological polar surface area (TPSA) is 12.9 Å². The van der Waals surface area contributed by atoms with Crippen LogP contribution in [0.25, 0.3) is 10.9 Å². The highest BCUT2D eigenvalue weighted by atomic mass is 127. The molecule has 0 saturated heterocycles. The molecule has 1 heterocycles. The lowest BCUT2D eigenvalue weighted by molar-refractivity contribution is 1.16. The van der Waals surface area contributed by atoms with Gasteiger partial charge in [0, 0.05) is 15.5 Å². The standard InChI is InChI=1S/C11H10IN/c1-8(12)9-4-2-6-11-10(9)5-3-7-13-11/h2-8H,1H3. The highest BCUT2D eigenvalue weighted by Crippen LogP contribution is 2.28. The third-order valence-corrected chi connectivity index (χ3v) is 2.78. The summed E-state index contributed by atoms with van der Waals surface area (Å²) in [6.07, 6.45) is 1.84. The molecule has 0 spiro atoms. The van der Waals surface area contributed by atoms with E-state index in [0.29, 0.717) is 3.92 Å². The Morgan fingerprint density at radius 2 is 2.08 bits per heavy atom. The fraction of sp³-hybridized carbons (Fsp3) is 0.182. The van der Waals surface area contributed by atoms with E-state index in [-0.39, 0.29) is 0 Å². The summed E-state index contributed by atoms with van der Waals surface area (Å²) in [7, 11) is 0. The summed E-state index contributed by atoms with van der Waals surface area (Å²) in [6, 6.07) is 10.4. The van der Waals surface area contributed by atoms with Gasteiger partial charge in [0.05, 0.1) is 5.52 Å². The molecule has 0 bridgehead atoms. The summed E-state index contributed by atoms with van der Waals surface area (Å²) in [5, 5.41) is 1.27. The molecule has 1 atom stereocenters. The summed E-state index contributed by atoms with van der Waals surface area (Å²) in [4.78, 5) is 4.32. The van der Waals surface area contributed by atoms with Crippen LogP contribution in [-0.2, 0) is 0 Å². The molecule has 0 aliphatic heterocycles. The fourth-order valence-electron chi connectivity index (χ4n) is 1.47. The second kappa shape index (κ2) is 3.62. The molecular formula is C11H10IN. The van der Waals surface area contributed by atoms with Crippen LogP contribution in [0.3, 0.4) is 0 Å². The number of hydrogen-bond acceptors (Lipinski definition) is 1. The van der Waals surface area contributed by atoms with Gasteiger partial charge in [0.15, 0.2) is 0 Å². The predicted molar refractivity (Wildman–Crippen MR) is 64.2 cm³/mol. The Hall–Kier alpha value is -0.640. The smallest absolute Gasteiger partial charge is 0.0705 e. The lowest BCUT2D eigenvalue weighted by Crippen LogP contribution is -1.87. The number of alkyl halides is 1. The zero-order valence-electron chi connectivity index (χ0n) is 7.37. The number of hydrogen-bond donors (Lipinski definition) is 0. The Labute approximate surface area is 91.3 Å². The third kappa shape index (κ3) is 1.68. The van der Waals surface area contributed by atoms with Crippen molar-refractivity contribution in [3.05, 3.63) is 42.1 Å². The maximum atomic E-state index is 4.32. The maximum Gasteiger partial charge on any atom is 0.0705 e. The van der Waals surface area contributed by atoms with Crippen LogP contribution in [0.5, 0.6) is 0 Å². The molecule has 66 valence electrons. The average Bonchev–Trinajstić information content (AvgIpc) is 2.17.